The molecule has 0 saturated carbocycles. The van der Waals surface area contributed by atoms with Crippen LogP contribution in [-0.2, 0) is 0 Å². The Balaban J connectivity index is 1.51. The maximum atomic E-state index is 13.0. The van der Waals surface area contributed by atoms with E-state index < -0.39 is 0 Å². The van der Waals surface area contributed by atoms with Gasteiger partial charge < -0.3 is 15.4 Å². The first-order valence-electron chi connectivity index (χ1n) is 9.80. The topological polar surface area (TPSA) is 67.4 Å². The Kier molecular flexibility index (Phi) is 6.88. The van der Waals surface area contributed by atoms with Crippen LogP contribution in [0.5, 0.6) is 5.75 Å². The lowest BCUT2D eigenvalue weighted by atomic mass is 10.1. The summed E-state index contributed by atoms with van der Waals surface area (Å²) in [5.74, 6) is -0.225. The van der Waals surface area contributed by atoms with Gasteiger partial charge in [-0.25, -0.2) is 0 Å². The molecule has 0 spiro atoms. The molecule has 0 unspecified atom stereocenters. The molecular formula is C25H17BrCl2N2O3. The molecule has 0 atom stereocenters. The molecule has 5 nitrogen and oxygen atoms in total. The van der Waals surface area contributed by atoms with E-state index in [0.717, 1.165) is 10.8 Å². The minimum absolute atomic E-state index is 0.263. The van der Waals surface area contributed by atoms with Crippen molar-refractivity contribution < 1.29 is 14.3 Å². The fraction of sp³-hybridized carbons (Fsp3) is 0.0400. The van der Waals surface area contributed by atoms with Crippen molar-refractivity contribution in [1.29, 1.82) is 0 Å². The first-order chi connectivity index (χ1) is 15.9. The SMILES string of the molecule is COc1c(C(=O)Nc2ccc(NC(=O)c3ccc(Cl)cc3Cl)cc2)cc2ccccc2c1Br. The number of nitrogens with one attached hydrogen (secondary N) is 2. The van der Waals surface area contributed by atoms with Crippen molar-refractivity contribution in [2.75, 3.05) is 17.7 Å². The van der Waals surface area contributed by atoms with E-state index in [1.54, 1.807) is 42.5 Å². The zero-order chi connectivity index (χ0) is 23.5. The van der Waals surface area contributed by atoms with E-state index >= 15 is 0 Å². The fourth-order valence-corrected chi connectivity index (χ4v) is 4.59. The number of benzene rings is 4. The molecule has 2 N–H and O–H groups in total. The van der Waals surface area contributed by atoms with Crippen LogP contribution in [0.15, 0.2) is 77.3 Å². The highest BCUT2D eigenvalue weighted by Gasteiger charge is 2.18. The molecule has 4 aromatic rings. The Bertz CT molecular complexity index is 1370. The Morgan fingerprint density at radius 2 is 1.42 bits per heavy atom. The van der Waals surface area contributed by atoms with E-state index in [2.05, 4.69) is 26.6 Å². The Morgan fingerprint density at radius 3 is 2.03 bits per heavy atom. The molecule has 2 amide bonds. The maximum Gasteiger partial charge on any atom is 0.259 e. The third-order valence-corrected chi connectivity index (χ3v) is 6.30. The molecule has 166 valence electrons. The summed E-state index contributed by atoms with van der Waals surface area (Å²) in [7, 11) is 1.52. The van der Waals surface area contributed by atoms with E-state index in [4.69, 9.17) is 27.9 Å². The van der Waals surface area contributed by atoms with E-state index in [-0.39, 0.29) is 16.8 Å². The minimum Gasteiger partial charge on any atom is -0.495 e. The number of hydrogen-bond acceptors (Lipinski definition) is 3. The lowest BCUT2D eigenvalue weighted by Gasteiger charge is -2.14. The lowest BCUT2D eigenvalue weighted by Crippen LogP contribution is -2.14. The lowest BCUT2D eigenvalue weighted by molar-refractivity contribution is 0.101. The quantitative estimate of drug-likeness (QED) is 0.275. The van der Waals surface area contributed by atoms with Gasteiger partial charge in [0.2, 0.25) is 0 Å². The Labute approximate surface area is 208 Å². The highest BCUT2D eigenvalue weighted by Crippen LogP contribution is 2.37. The standard InChI is InChI=1S/C25H17BrCl2N2O3/c1-33-23-20(12-14-4-2-3-5-18(14)22(23)26)25(32)30-17-9-7-16(8-10-17)29-24(31)19-11-6-15(27)13-21(19)28/h2-13H,1H3,(H,29,31)(H,30,32). The Hall–Kier alpha value is -3.06. The van der Waals surface area contributed by atoms with Crippen molar-refractivity contribution >= 4 is 73.1 Å². The number of fused-ring (bicyclic) bond motifs is 1. The Morgan fingerprint density at radius 1 is 0.818 bits per heavy atom. The third-order valence-electron chi connectivity index (χ3n) is 4.97. The minimum atomic E-state index is -0.362. The molecule has 0 bridgehead atoms. The molecule has 0 saturated heterocycles. The van der Waals surface area contributed by atoms with Crippen LogP contribution >= 0.6 is 39.1 Å². The smallest absolute Gasteiger partial charge is 0.259 e. The largest absolute Gasteiger partial charge is 0.495 e. The number of ether oxygens (including phenoxy) is 1. The number of carbonyl (C=O) groups is 2. The van der Waals surface area contributed by atoms with E-state index in [1.165, 1.54) is 13.2 Å². The van der Waals surface area contributed by atoms with E-state index in [9.17, 15) is 9.59 Å². The summed E-state index contributed by atoms with van der Waals surface area (Å²) in [6, 6.07) is 20.9. The zero-order valence-corrected chi connectivity index (χ0v) is 20.4. The van der Waals surface area contributed by atoms with Gasteiger partial charge in [0, 0.05) is 16.4 Å². The fourth-order valence-electron chi connectivity index (χ4n) is 3.36. The van der Waals surface area contributed by atoms with Crippen LogP contribution in [0, 0.1) is 0 Å². The first kappa shape index (κ1) is 23.1. The summed E-state index contributed by atoms with van der Waals surface area (Å²) < 4.78 is 6.21. The molecule has 0 aliphatic heterocycles. The molecule has 4 rings (SSSR count). The normalized spacial score (nSPS) is 10.7. The van der Waals surface area contributed by atoms with Crippen LogP contribution in [0.25, 0.3) is 10.8 Å². The van der Waals surface area contributed by atoms with Crippen molar-refractivity contribution in [3.63, 3.8) is 0 Å². The summed E-state index contributed by atoms with van der Waals surface area (Å²) in [5.41, 5.74) is 1.83. The van der Waals surface area contributed by atoms with Crippen molar-refractivity contribution in [1.82, 2.24) is 0 Å². The van der Waals surface area contributed by atoms with Crippen molar-refractivity contribution in [3.8, 4) is 5.75 Å². The number of rotatable bonds is 5. The number of carbonyl (C=O) groups excluding carboxylic acids is 2. The van der Waals surface area contributed by atoms with Gasteiger partial charge in [0.25, 0.3) is 11.8 Å². The van der Waals surface area contributed by atoms with Gasteiger partial charge in [0.15, 0.2) is 0 Å². The number of methoxy groups -OCH3 is 1. The second kappa shape index (κ2) is 9.83. The molecule has 0 aliphatic carbocycles. The average molecular weight is 544 g/mol. The number of amides is 2. The summed E-state index contributed by atoms with van der Waals surface area (Å²) in [6.07, 6.45) is 0. The summed E-state index contributed by atoms with van der Waals surface area (Å²) in [6.45, 7) is 0. The monoisotopic (exact) mass is 542 g/mol. The third kappa shape index (κ3) is 4.98. The molecule has 0 aromatic heterocycles. The van der Waals surface area contributed by atoms with E-state index in [0.29, 0.717) is 37.7 Å². The number of halogens is 3. The van der Waals surface area contributed by atoms with Crippen molar-refractivity contribution in [2.24, 2.45) is 0 Å². The predicted octanol–water partition coefficient (Wildman–Crippen LogP) is 7.42. The second-order valence-electron chi connectivity index (χ2n) is 7.10. The highest BCUT2D eigenvalue weighted by molar-refractivity contribution is 9.10. The van der Waals surface area contributed by atoms with Gasteiger partial charge in [0.05, 0.1) is 27.7 Å². The van der Waals surface area contributed by atoms with E-state index in [1.807, 2.05) is 24.3 Å². The van der Waals surface area contributed by atoms with Gasteiger partial charge in [-0.1, -0.05) is 47.5 Å². The average Bonchev–Trinajstić information content (AvgIpc) is 2.80. The predicted molar refractivity (Wildman–Crippen MR) is 137 cm³/mol. The number of hydrogen-bond donors (Lipinski definition) is 2. The van der Waals surface area contributed by atoms with Crippen molar-refractivity contribution in [2.45, 2.75) is 0 Å². The zero-order valence-electron chi connectivity index (χ0n) is 17.3. The molecule has 8 heteroatoms. The van der Waals surface area contributed by atoms with Crippen LogP contribution in [-0.4, -0.2) is 18.9 Å². The molecule has 33 heavy (non-hydrogen) atoms. The molecular weight excluding hydrogens is 527 g/mol. The van der Waals surface area contributed by atoms with Gasteiger partial charge in [-0.05, 0) is 75.2 Å². The van der Waals surface area contributed by atoms with Crippen LogP contribution in [0.4, 0.5) is 11.4 Å². The molecule has 0 radical (unpaired) electrons. The first-order valence-corrected chi connectivity index (χ1v) is 11.4. The van der Waals surface area contributed by atoms with Crippen molar-refractivity contribution in [3.05, 3.63) is 98.4 Å². The molecule has 0 aliphatic rings. The summed E-state index contributed by atoms with van der Waals surface area (Å²) in [5, 5.41) is 8.21. The van der Waals surface area contributed by atoms with Gasteiger partial charge >= 0.3 is 0 Å². The van der Waals surface area contributed by atoms with Gasteiger partial charge in [-0.2, -0.15) is 0 Å². The van der Waals surface area contributed by atoms with Gasteiger partial charge in [-0.15, -0.1) is 0 Å². The summed E-state index contributed by atoms with van der Waals surface area (Å²) >= 11 is 15.5. The van der Waals surface area contributed by atoms with Crippen LogP contribution < -0.4 is 15.4 Å². The second-order valence-corrected chi connectivity index (χ2v) is 8.74. The summed E-state index contributed by atoms with van der Waals surface area (Å²) in [4.78, 5) is 25.5. The van der Waals surface area contributed by atoms with Crippen LogP contribution in [0.2, 0.25) is 10.0 Å². The molecule has 0 fully saturated rings. The highest BCUT2D eigenvalue weighted by atomic mass is 79.9. The van der Waals surface area contributed by atoms with Crippen LogP contribution in [0.1, 0.15) is 20.7 Å². The molecule has 0 heterocycles. The van der Waals surface area contributed by atoms with Crippen LogP contribution in [0.3, 0.4) is 0 Å². The van der Waals surface area contributed by atoms with Gasteiger partial charge in [0.1, 0.15) is 5.75 Å². The van der Waals surface area contributed by atoms with Gasteiger partial charge in [-0.3, -0.25) is 9.59 Å². The number of anilines is 2. The maximum absolute atomic E-state index is 13.0. The molecule has 4 aromatic carbocycles.